The Hall–Kier alpha value is -2.46. The van der Waals surface area contributed by atoms with Crippen LogP contribution in [0.3, 0.4) is 0 Å². The average Bonchev–Trinajstić information content (AvgIpc) is 3.21. The van der Waals surface area contributed by atoms with Gasteiger partial charge >= 0.3 is 12.1 Å². The fraction of sp³-hybridized carbons (Fsp3) is 0.400. The van der Waals surface area contributed by atoms with Gasteiger partial charge in [0.2, 0.25) is 10.0 Å². The van der Waals surface area contributed by atoms with E-state index in [1.54, 1.807) is 0 Å². The summed E-state index contributed by atoms with van der Waals surface area (Å²) in [4.78, 5) is 35.7. The number of benzene rings is 1. The molecule has 1 atom stereocenters. The summed E-state index contributed by atoms with van der Waals surface area (Å²) < 4.78 is 35.8. The summed E-state index contributed by atoms with van der Waals surface area (Å²) in [5.41, 5.74) is 0.242. The van der Waals surface area contributed by atoms with E-state index in [0.29, 0.717) is 6.42 Å². The first-order valence-electron chi connectivity index (χ1n) is 7.52. The van der Waals surface area contributed by atoms with Gasteiger partial charge in [-0.1, -0.05) is 0 Å². The number of carbonyl (C=O) groups is 3. The van der Waals surface area contributed by atoms with E-state index in [-0.39, 0.29) is 30.2 Å². The lowest BCUT2D eigenvalue weighted by atomic mass is 10.2. The van der Waals surface area contributed by atoms with E-state index in [2.05, 4.69) is 9.47 Å². The van der Waals surface area contributed by atoms with E-state index in [9.17, 15) is 22.8 Å². The van der Waals surface area contributed by atoms with Crippen molar-refractivity contribution in [2.24, 2.45) is 0 Å². The van der Waals surface area contributed by atoms with Crippen molar-refractivity contribution in [3.63, 3.8) is 0 Å². The highest BCUT2D eigenvalue weighted by atomic mass is 32.2. The lowest BCUT2D eigenvalue weighted by molar-refractivity contribution is -0.127. The summed E-state index contributed by atoms with van der Waals surface area (Å²) in [5, 5.41) is 0. The number of amides is 2. The standard InChI is InChI=1S/C15H16N2O7S/c1-23-14(19)10-2-4-12(5-3-10)25(21,22)16-7-6-11(8-16)17-13(18)9-24-15(17)20/h2-5,11H,6-9H2,1H3. The van der Waals surface area contributed by atoms with Crippen LogP contribution in [-0.2, 0) is 24.3 Å². The number of rotatable bonds is 4. The fourth-order valence-corrected chi connectivity index (χ4v) is 4.38. The predicted molar refractivity (Wildman–Crippen MR) is 83.1 cm³/mol. The lowest BCUT2D eigenvalue weighted by Gasteiger charge is -2.20. The summed E-state index contributed by atoms with van der Waals surface area (Å²) >= 11 is 0. The van der Waals surface area contributed by atoms with E-state index in [1.165, 1.54) is 35.7 Å². The van der Waals surface area contributed by atoms with Gasteiger partial charge in [-0.15, -0.1) is 0 Å². The van der Waals surface area contributed by atoms with E-state index < -0.39 is 34.0 Å². The molecule has 0 aliphatic carbocycles. The molecule has 10 heteroatoms. The third kappa shape index (κ3) is 3.10. The van der Waals surface area contributed by atoms with Crippen molar-refractivity contribution in [1.82, 2.24) is 9.21 Å². The van der Waals surface area contributed by atoms with Gasteiger partial charge in [-0.3, -0.25) is 4.79 Å². The Bertz CT molecular complexity index is 803. The number of nitrogens with zero attached hydrogens (tertiary/aromatic N) is 2. The lowest BCUT2D eigenvalue weighted by Crippen LogP contribution is -2.42. The maximum absolute atomic E-state index is 12.7. The van der Waals surface area contributed by atoms with Crippen LogP contribution in [0.2, 0.25) is 0 Å². The Labute approximate surface area is 144 Å². The number of hydrogen-bond donors (Lipinski definition) is 0. The maximum Gasteiger partial charge on any atom is 0.417 e. The Kier molecular flexibility index (Phi) is 4.48. The number of hydrogen-bond acceptors (Lipinski definition) is 7. The van der Waals surface area contributed by atoms with Gasteiger partial charge in [-0.2, -0.15) is 4.31 Å². The summed E-state index contributed by atoms with van der Waals surface area (Å²) in [6.45, 7) is -0.109. The van der Waals surface area contributed by atoms with Crippen molar-refractivity contribution in [2.45, 2.75) is 17.4 Å². The van der Waals surface area contributed by atoms with Crippen LogP contribution in [0.15, 0.2) is 29.2 Å². The number of cyclic esters (lactones) is 1. The molecular formula is C15H16N2O7S. The van der Waals surface area contributed by atoms with Gasteiger partial charge in [-0.25, -0.2) is 22.9 Å². The zero-order chi connectivity index (χ0) is 18.2. The predicted octanol–water partition coefficient (Wildman–Crippen LogP) is 0.215. The Morgan fingerprint density at radius 2 is 1.92 bits per heavy atom. The number of carbonyl (C=O) groups excluding carboxylic acids is 3. The molecule has 0 saturated carbocycles. The van der Waals surface area contributed by atoms with Crippen molar-refractivity contribution in [3.8, 4) is 0 Å². The fourth-order valence-electron chi connectivity index (χ4n) is 2.89. The van der Waals surface area contributed by atoms with Crippen LogP contribution in [-0.4, -0.2) is 68.4 Å². The number of ether oxygens (including phenoxy) is 2. The summed E-state index contributed by atoms with van der Waals surface area (Å²) in [6.07, 6.45) is -0.392. The van der Waals surface area contributed by atoms with E-state index >= 15 is 0 Å². The highest BCUT2D eigenvalue weighted by Gasteiger charge is 2.43. The Morgan fingerprint density at radius 3 is 2.48 bits per heavy atom. The summed E-state index contributed by atoms with van der Waals surface area (Å²) in [6, 6.07) is 4.85. The zero-order valence-corrected chi connectivity index (χ0v) is 14.2. The average molecular weight is 368 g/mol. The van der Waals surface area contributed by atoms with Crippen LogP contribution in [0, 0.1) is 0 Å². The Balaban J connectivity index is 1.76. The van der Waals surface area contributed by atoms with Gasteiger partial charge in [0.05, 0.1) is 23.6 Å². The van der Waals surface area contributed by atoms with Gasteiger partial charge in [-0.05, 0) is 30.7 Å². The molecule has 1 aromatic carbocycles. The molecule has 0 spiro atoms. The van der Waals surface area contributed by atoms with Crippen LogP contribution in [0.4, 0.5) is 4.79 Å². The molecule has 3 rings (SSSR count). The van der Waals surface area contributed by atoms with E-state index in [4.69, 9.17) is 0 Å². The number of sulfonamides is 1. The first kappa shape index (κ1) is 17.4. The monoisotopic (exact) mass is 368 g/mol. The minimum absolute atomic E-state index is 0.0158. The van der Waals surface area contributed by atoms with Crippen LogP contribution >= 0.6 is 0 Å². The normalized spacial score (nSPS) is 21.5. The molecule has 1 aromatic rings. The van der Waals surface area contributed by atoms with Crippen molar-refractivity contribution >= 4 is 28.0 Å². The smallest absolute Gasteiger partial charge is 0.417 e. The molecule has 1 unspecified atom stereocenters. The van der Waals surface area contributed by atoms with Crippen LogP contribution in [0.5, 0.6) is 0 Å². The minimum Gasteiger partial charge on any atom is -0.465 e. The number of imide groups is 1. The molecule has 9 nitrogen and oxygen atoms in total. The quantitative estimate of drug-likeness (QED) is 0.699. The van der Waals surface area contributed by atoms with Crippen molar-refractivity contribution in [3.05, 3.63) is 29.8 Å². The highest BCUT2D eigenvalue weighted by molar-refractivity contribution is 7.89. The van der Waals surface area contributed by atoms with Gasteiger partial charge in [0.15, 0.2) is 6.61 Å². The number of methoxy groups -OCH3 is 1. The minimum atomic E-state index is -3.79. The van der Waals surface area contributed by atoms with Gasteiger partial charge in [0.25, 0.3) is 5.91 Å². The van der Waals surface area contributed by atoms with Gasteiger partial charge in [0, 0.05) is 13.1 Å². The van der Waals surface area contributed by atoms with Crippen molar-refractivity contribution < 1.29 is 32.3 Å². The molecule has 2 amide bonds. The largest absolute Gasteiger partial charge is 0.465 e. The van der Waals surface area contributed by atoms with Crippen LogP contribution < -0.4 is 0 Å². The molecule has 0 N–H and O–H groups in total. The molecule has 2 fully saturated rings. The van der Waals surface area contributed by atoms with E-state index in [0.717, 1.165) is 4.90 Å². The topological polar surface area (TPSA) is 110 Å². The first-order valence-corrected chi connectivity index (χ1v) is 8.96. The molecular weight excluding hydrogens is 352 g/mol. The third-order valence-corrected chi connectivity index (χ3v) is 6.07. The molecule has 0 aromatic heterocycles. The molecule has 134 valence electrons. The summed E-state index contributed by atoms with van der Waals surface area (Å²) in [7, 11) is -2.56. The molecule has 2 aliphatic heterocycles. The second kappa shape index (κ2) is 6.45. The maximum atomic E-state index is 12.7. The molecule has 2 aliphatic rings. The van der Waals surface area contributed by atoms with Crippen molar-refractivity contribution in [2.75, 3.05) is 26.8 Å². The van der Waals surface area contributed by atoms with Crippen LogP contribution in [0.1, 0.15) is 16.8 Å². The molecule has 0 radical (unpaired) electrons. The Morgan fingerprint density at radius 1 is 1.24 bits per heavy atom. The summed E-state index contributed by atoms with van der Waals surface area (Å²) in [5.74, 6) is -1.02. The highest BCUT2D eigenvalue weighted by Crippen LogP contribution is 2.26. The molecule has 25 heavy (non-hydrogen) atoms. The first-order chi connectivity index (χ1) is 11.8. The third-order valence-electron chi connectivity index (χ3n) is 4.19. The zero-order valence-electron chi connectivity index (χ0n) is 13.4. The van der Waals surface area contributed by atoms with Crippen molar-refractivity contribution in [1.29, 1.82) is 0 Å². The van der Waals surface area contributed by atoms with Gasteiger partial charge < -0.3 is 9.47 Å². The second-order valence-electron chi connectivity index (χ2n) is 5.64. The number of esters is 1. The molecule has 2 heterocycles. The van der Waals surface area contributed by atoms with Crippen LogP contribution in [0.25, 0.3) is 0 Å². The molecule has 2 saturated heterocycles. The SMILES string of the molecule is COC(=O)c1ccc(S(=O)(=O)N2CCC(N3C(=O)COC3=O)C2)cc1. The molecule has 0 bridgehead atoms. The van der Waals surface area contributed by atoms with Gasteiger partial charge in [0.1, 0.15) is 0 Å². The van der Waals surface area contributed by atoms with E-state index in [1.807, 2.05) is 0 Å². The second-order valence-corrected chi connectivity index (χ2v) is 7.58.